The van der Waals surface area contributed by atoms with Crippen LogP contribution in [0.5, 0.6) is 11.6 Å². The first-order valence-electron chi connectivity index (χ1n) is 4.50. The van der Waals surface area contributed by atoms with Crippen molar-refractivity contribution in [2.75, 3.05) is 5.73 Å². The minimum Gasteiger partial charge on any atom is -0.439 e. The van der Waals surface area contributed by atoms with E-state index in [0.29, 0.717) is 21.9 Å². The lowest BCUT2D eigenvalue weighted by atomic mass is 10.3. The molecule has 2 aromatic rings. The maximum Gasteiger partial charge on any atom is 0.221 e. The van der Waals surface area contributed by atoms with E-state index in [2.05, 4.69) is 20.9 Å². The van der Waals surface area contributed by atoms with Crippen LogP contribution >= 0.6 is 15.9 Å². The number of benzene rings is 1. The number of nitrogens with two attached hydrogens (primary N) is 1. The summed E-state index contributed by atoms with van der Waals surface area (Å²) in [7, 11) is 0. The minimum atomic E-state index is -0.381. The van der Waals surface area contributed by atoms with Crippen molar-refractivity contribution in [1.29, 1.82) is 0 Å². The van der Waals surface area contributed by atoms with E-state index in [1.54, 1.807) is 24.3 Å². The molecule has 0 aliphatic heterocycles. The van der Waals surface area contributed by atoms with Gasteiger partial charge in [-0.15, -0.1) is 0 Å². The predicted octanol–water partition coefficient (Wildman–Crippen LogP) is 3.36. The molecule has 82 valence electrons. The van der Waals surface area contributed by atoms with E-state index >= 15 is 0 Å². The number of nitrogen functional groups attached to an aromatic ring is 1. The third-order valence-corrected chi connectivity index (χ3v) is 2.26. The molecular weight excluding hydrogens is 275 g/mol. The lowest BCUT2D eigenvalue weighted by Gasteiger charge is -2.05. The highest BCUT2D eigenvalue weighted by Gasteiger charge is 2.02. The zero-order valence-corrected chi connectivity index (χ0v) is 9.74. The van der Waals surface area contributed by atoms with Gasteiger partial charge in [-0.1, -0.05) is 22.0 Å². The Balaban J connectivity index is 2.27. The third-order valence-electron chi connectivity index (χ3n) is 1.80. The highest BCUT2D eigenvalue weighted by atomic mass is 79.9. The molecule has 16 heavy (non-hydrogen) atoms. The number of ether oxygens (including phenoxy) is 1. The second-order valence-electron chi connectivity index (χ2n) is 3.11. The molecule has 0 saturated heterocycles. The van der Waals surface area contributed by atoms with Crippen LogP contribution in [0.3, 0.4) is 0 Å². The number of pyridine rings is 1. The minimum absolute atomic E-state index is 0.331. The number of hydrogen-bond acceptors (Lipinski definition) is 3. The van der Waals surface area contributed by atoms with Crippen molar-refractivity contribution in [3.63, 3.8) is 0 Å². The van der Waals surface area contributed by atoms with Gasteiger partial charge in [0.15, 0.2) is 0 Å². The Morgan fingerprint density at radius 2 is 2.06 bits per heavy atom. The summed E-state index contributed by atoms with van der Waals surface area (Å²) in [5, 5.41) is 0. The maximum atomic E-state index is 13.1. The summed E-state index contributed by atoms with van der Waals surface area (Å²) in [4.78, 5) is 3.95. The maximum absolute atomic E-state index is 13.1. The number of anilines is 1. The fourth-order valence-electron chi connectivity index (χ4n) is 1.20. The average Bonchev–Trinajstić information content (AvgIpc) is 2.15. The standard InChI is InChI=1S/C11H8BrFN2O/c12-7-4-8(13)6-9(5-7)16-11-3-1-2-10(14)15-11/h1-6H,(H2,14,15). The van der Waals surface area contributed by atoms with E-state index in [4.69, 9.17) is 10.5 Å². The molecule has 2 rings (SSSR count). The van der Waals surface area contributed by atoms with Crippen LogP contribution in [0.1, 0.15) is 0 Å². The average molecular weight is 283 g/mol. The summed E-state index contributed by atoms with van der Waals surface area (Å²) in [6.07, 6.45) is 0. The second-order valence-corrected chi connectivity index (χ2v) is 4.02. The molecule has 1 aromatic heterocycles. The van der Waals surface area contributed by atoms with Gasteiger partial charge in [0.05, 0.1) is 0 Å². The molecule has 0 fully saturated rings. The van der Waals surface area contributed by atoms with Crippen molar-refractivity contribution < 1.29 is 9.13 Å². The molecule has 0 radical (unpaired) electrons. The zero-order valence-electron chi connectivity index (χ0n) is 8.15. The number of rotatable bonds is 2. The van der Waals surface area contributed by atoms with E-state index in [0.717, 1.165) is 0 Å². The molecular formula is C11H8BrFN2O. The summed E-state index contributed by atoms with van der Waals surface area (Å²) >= 11 is 3.18. The summed E-state index contributed by atoms with van der Waals surface area (Å²) in [5.41, 5.74) is 5.50. The Kier molecular flexibility index (Phi) is 3.05. The molecule has 0 atom stereocenters. The monoisotopic (exact) mass is 282 g/mol. The lowest BCUT2D eigenvalue weighted by Crippen LogP contribution is -1.93. The van der Waals surface area contributed by atoms with Crippen molar-refractivity contribution in [2.45, 2.75) is 0 Å². The van der Waals surface area contributed by atoms with Crippen molar-refractivity contribution >= 4 is 21.7 Å². The number of nitrogens with zero attached hydrogens (tertiary/aromatic N) is 1. The summed E-state index contributed by atoms with van der Waals surface area (Å²) < 4.78 is 19.0. The van der Waals surface area contributed by atoms with E-state index in [1.807, 2.05) is 0 Å². The van der Waals surface area contributed by atoms with Crippen LogP contribution in [-0.2, 0) is 0 Å². The number of aromatic nitrogens is 1. The van der Waals surface area contributed by atoms with E-state index < -0.39 is 0 Å². The van der Waals surface area contributed by atoms with Gasteiger partial charge in [-0.3, -0.25) is 0 Å². The molecule has 0 aliphatic rings. The van der Waals surface area contributed by atoms with Crippen LogP contribution in [-0.4, -0.2) is 4.98 Å². The van der Waals surface area contributed by atoms with E-state index in [-0.39, 0.29) is 5.82 Å². The molecule has 0 aliphatic carbocycles. The van der Waals surface area contributed by atoms with Crippen molar-refractivity contribution in [3.05, 3.63) is 46.7 Å². The molecule has 0 saturated carbocycles. The van der Waals surface area contributed by atoms with E-state index in [9.17, 15) is 4.39 Å². The van der Waals surface area contributed by atoms with Gasteiger partial charge >= 0.3 is 0 Å². The van der Waals surface area contributed by atoms with Crippen LogP contribution in [0.4, 0.5) is 10.2 Å². The van der Waals surface area contributed by atoms with Gasteiger partial charge in [-0.25, -0.2) is 4.39 Å². The van der Waals surface area contributed by atoms with Crippen molar-refractivity contribution in [3.8, 4) is 11.6 Å². The molecule has 0 amide bonds. The van der Waals surface area contributed by atoms with Crippen LogP contribution in [0.2, 0.25) is 0 Å². The van der Waals surface area contributed by atoms with Gasteiger partial charge in [0.2, 0.25) is 5.88 Å². The molecule has 5 heteroatoms. The predicted molar refractivity (Wildman–Crippen MR) is 62.8 cm³/mol. The van der Waals surface area contributed by atoms with Crippen LogP contribution in [0, 0.1) is 5.82 Å². The van der Waals surface area contributed by atoms with Gasteiger partial charge in [0.25, 0.3) is 0 Å². The number of halogens is 2. The molecule has 0 spiro atoms. The Morgan fingerprint density at radius 3 is 2.75 bits per heavy atom. The van der Waals surface area contributed by atoms with E-state index in [1.165, 1.54) is 12.1 Å². The van der Waals surface area contributed by atoms with Gasteiger partial charge < -0.3 is 10.5 Å². The molecule has 0 unspecified atom stereocenters. The third kappa shape index (κ3) is 2.70. The lowest BCUT2D eigenvalue weighted by molar-refractivity contribution is 0.458. The second kappa shape index (κ2) is 4.49. The first-order chi connectivity index (χ1) is 7.63. The summed E-state index contributed by atoms with van der Waals surface area (Å²) in [5.74, 6) is 0.670. The molecule has 2 N–H and O–H groups in total. The first kappa shape index (κ1) is 10.9. The first-order valence-corrected chi connectivity index (χ1v) is 5.29. The zero-order chi connectivity index (χ0) is 11.5. The largest absolute Gasteiger partial charge is 0.439 e. The SMILES string of the molecule is Nc1cccc(Oc2cc(F)cc(Br)c2)n1. The van der Waals surface area contributed by atoms with Crippen molar-refractivity contribution in [2.24, 2.45) is 0 Å². The van der Waals surface area contributed by atoms with Gasteiger partial charge in [0.1, 0.15) is 17.4 Å². The fourth-order valence-corrected chi connectivity index (χ4v) is 1.64. The fraction of sp³-hybridized carbons (Fsp3) is 0. The molecule has 0 bridgehead atoms. The van der Waals surface area contributed by atoms with Gasteiger partial charge in [0, 0.05) is 16.6 Å². The Morgan fingerprint density at radius 1 is 1.25 bits per heavy atom. The summed E-state index contributed by atoms with van der Waals surface area (Å²) in [6, 6.07) is 9.28. The normalized spacial score (nSPS) is 10.1. The topological polar surface area (TPSA) is 48.1 Å². The highest BCUT2D eigenvalue weighted by molar-refractivity contribution is 9.10. The Hall–Kier alpha value is -1.62. The molecule has 1 aromatic carbocycles. The Bertz CT molecular complexity index is 499. The highest BCUT2D eigenvalue weighted by Crippen LogP contribution is 2.25. The number of hydrogen-bond donors (Lipinski definition) is 1. The van der Waals surface area contributed by atoms with Gasteiger partial charge in [-0.2, -0.15) is 4.98 Å². The van der Waals surface area contributed by atoms with Gasteiger partial charge in [-0.05, 0) is 18.2 Å². The van der Waals surface area contributed by atoms with Crippen LogP contribution in [0.25, 0.3) is 0 Å². The molecule has 3 nitrogen and oxygen atoms in total. The molecule has 1 heterocycles. The smallest absolute Gasteiger partial charge is 0.221 e. The Labute approximate surface area is 100 Å². The summed E-state index contributed by atoms with van der Waals surface area (Å²) in [6.45, 7) is 0. The quantitative estimate of drug-likeness (QED) is 0.919. The van der Waals surface area contributed by atoms with Crippen LogP contribution in [0.15, 0.2) is 40.9 Å². The van der Waals surface area contributed by atoms with Crippen LogP contribution < -0.4 is 10.5 Å². The van der Waals surface area contributed by atoms with Crippen molar-refractivity contribution in [1.82, 2.24) is 4.98 Å².